The molecule has 0 saturated heterocycles. The van der Waals surface area contributed by atoms with E-state index in [9.17, 15) is 0 Å². The smallest absolute Gasteiger partial charge is 0.221 e. The number of benzene rings is 1. The molecule has 0 atom stereocenters. The van der Waals surface area contributed by atoms with Crippen molar-refractivity contribution in [3.05, 3.63) is 42.2 Å². The summed E-state index contributed by atoms with van der Waals surface area (Å²) < 4.78 is 0. The fraction of sp³-hybridized carbons (Fsp3) is 0.0769. The molecule has 1 aromatic carbocycles. The summed E-state index contributed by atoms with van der Waals surface area (Å²) >= 11 is 1.39. The molecule has 3 rings (SSSR count). The Hall–Kier alpha value is -2.21. The Morgan fingerprint density at radius 1 is 1.05 bits per heavy atom. The molecular weight excluding hydrogens is 258 g/mol. The van der Waals surface area contributed by atoms with Crippen molar-refractivity contribution in [3.63, 3.8) is 0 Å². The van der Waals surface area contributed by atoms with Gasteiger partial charge in [-0.25, -0.2) is 19.9 Å². The van der Waals surface area contributed by atoms with Crippen LogP contribution < -0.4 is 5.73 Å². The molecule has 19 heavy (non-hydrogen) atoms. The standard InChI is InChI=1S/C13H11N5S/c1-8-6-7-15-13(16-8)19-11-9-4-2-3-5-10(9)17-12(14)18-11/h2-7H,1H3,(H2,14,17,18). The lowest BCUT2D eigenvalue weighted by Crippen LogP contribution is -1.98. The molecule has 0 aliphatic rings. The van der Waals surface area contributed by atoms with E-state index in [0.29, 0.717) is 5.16 Å². The predicted octanol–water partition coefficient (Wildman–Crippen LogP) is 2.46. The quantitative estimate of drug-likeness (QED) is 0.569. The van der Waals surface area contributed by atoms with Crippen LogP contribution in [-0.4, -0.2) is 19.9 Å². The van der Waals surface area contributed by atoms with Crippen LogP contribution >= 0.6 is 11.8 Å². The zero-order valence-corrected chi connectivity index (χ0v) is 11.1. The maximum Gasteiger partial charge on any atom is 0.221 e. The monoisotopic (exact) mass is 269 g/mol. The first-order valence-corrected chi connectivity index (χ1v) is 6.54. The molecule has 5 nitrogen and oxygen atoms in total. The van der Waals surface area contributed by atoms with Crippen LogP contribution in [0.4, 0.5) is 5.95 Å². The van der Waals surface area contributed by atoms with Gasteiger partial charge in [-0.1, -0.05) is 18.2 Å². The van der Waals surface area contributed by atoms with E-state index in [1.807, 2.05) is 37.3 Å². The average molecular weight is 269 g/mol. The summed E-state index contributed by atoms with van der Waals surface area (Å²) in [5.41, 5.74) is 7.48. The minimum atomic E-state index is 0.258. The molecule has 3 aromatic rings. The third-order valence-corrected chi connectivity index (χ3v) is 3.43. The van der Waals surface area contributed by atoms with Gasteiger partial charge >= 0.3 is 0 Å². The van der Waals surface area contributed by atoms with Gasteiger partial charge in [0.25, 0.3) is 0 Å². The van der Waals surface area contributed by atoms with Gasteiger partial charge in [0, 0.05) is 17.3 Å². The average Bonchev–Trinajstić information content (AvgIpc) is 2.38. The highest BCUT2D eigenvalue weighted by molar-refractivity contribution is 7.99. The molecular formula is C13H11N5S. The summed E-state index contributed by atoms with van der Waals surface area (Å²) in [5.74, 6) is 0.258. The molecule has 2 aromatic heterocycles. The highest BCUT2D eigenvalue weighted by atomic mass is 32.2. The Bertz CT molecular complexity index is 744. The van der Waals surface area contributed by atoms with E-state index in [1.165, 1.54) is 11.8 Å². The number of aromatic nitrogens is 4. The van der Waals surface area contributed by atoms with E-state index in [-0.39, 0.29) is 5.95 Å². The van der Waals surface area contributed by atoms with Gasteiger partial charge in [0.15, 0.2) is 5.16 Å². The molecule has 94 valence electrons. The number of nitrogen functional groups attached to an aromatic ring is 1. The second-order valence-corrected chi connectivity index (χ2v) is 4.94. The Labute approximate surface area is 114 Å². The number of aryl methyl sites for hydroxylation is 1. The summed E-state index contributed by atoms with van der Waals surface area (Å²) in [6.07, 6.45) is 1.73. The topological polar surface area (TPSA) is 77.6 Å². The Morgan fingerprint density at radius 2 is 1.89 bits per heavy atom. The van der Waals surface area contributed by atoms with Gasteiger partial charge in [-0.2, -0.15) is 0 Å². The first-order valence-electron chi connectivity index (χ1n) is 5.72. The summed E-state index contributed by atoms with van der Waals surface area (Å²) in [6.45, 7) is 1.93. The number of rotatable bonds is 2. The van der Waals surface area contributed by atoms with Gasteiger partial charge in [0.2, 0.25) is 5.95 Å². The van der Waals surface area contributed by atoms with Crippen molar-refractivity contribution in [2.45, 2.75) is 17.1 Å². The van der Waals surface area contributed by atoms with Gasteiger partial charge in [-0.05, 0) is 30.8 Å². The largest absolute Gasteiger partial charge is 0.368 e. The molecule has 0 saturated carbocycles. The van der Waals surface area contributed by atoms with Crippen LogP contribution in [-0.2, 0) is 0 Å². The van der Waals surface area contributed by atoms with Crippen LogP contribution in [0.15, 0.2) is 46.7 Å². The number of para-hydroxylation sites is 1. The van der Waals surface area contributed by atoms with Crippen molar-refractivity contribution < 1.29 is 0 Å². The number of hydrogen-bond acceptors (Lipinski definition) is 6. The fourth-order valence-corrected chi connectivity index (χ4v) is 2.60. The molecule has 0 unspecified atom stereocenters. The Kier molecular flexibility index (Phi) is 3.00. The maximum absolute atomic E-state index is 5.73. The Morgan fingerprint density at radius 3 is 2.74 bits per heavy atom. The maximum atomic E-state index is 5.73. The van der Waals surface area contributed by atoms with Gasteiger partial charge in [0.05, 0.1) is 5.52 Å². The zero-order chi connectivity index (χ0) is 13.2. The highest BCUT2D eigenvalue weighted by Crippen LogP contribution is 2.29. The second kappa shape index (κ2) is 4.81. The van der Waals surface area contributed by atoms with Crippen LogP contribution in [0, 0.1) is 6.92 Å². The highest BCUT2D eigenvalue weighted by Gasteiger charge is 2.09. The lowest BCUT2D eigenvalue weighted by atomic mass is 10.2. The minimum absolute atomic E-state index is 0.258. The molecule has 0 aliphatic carbocycles. The van der Waals surface area contributed by atoms with Crippen molar-refractivity contribution >= 4 is 28.6 Å². The van der Waals surface area contributed by atoms with Crippen molar-refractivity contribution in [2.24, 2.45) is 0 Å². The summed E-state index contributed by atoms with van der Waals surface area (Å²) in [6, 6.07) is 9.60. The van der Waals surface area contributed by atoms with E-state index in [0.717, 1.165) is 21.6 Å². The first-order chi connectivity index (χ1) is 9.22. The van der Waals surface area contributed by atoms with E-state index < -0.39 is 0 Å². The lowest BCUT2D eigenvalue weighted by molar-refractivity contribution is 0.929. The van der Waals surface area contributed by atoms with Crippen LogP contribution in [0.2, 0.25) is 0 Å². The third-order valence-electron chi connectivity index (χ3n) is 2.55. The van der Waals surface area contributed by atoms with Crippen molar-refractivity contribution in [1.29, 1.82) is 0 Å². The van der Waals surface area contributed by atoms with E-state index in [1.54, 1.807) is 6.20 Å². The third kappa shape index (κ3) is 2.48. The summed E-state index contributed by atoms with van der Waals surface area (Å²) in [5, 5.41) is 2.38. The van der Waals surface area contributed by atoms with Crippen LogP contribution in [0.25, 0.3) is 10.9 Å². The summed E-state index contributed by atoms with van der Waals surface area (Å²) in [4.78, 5) is 17.1. The molecule has 0 aliphatic heterocycles. The Balaban J connectivity index is 2.09. The van der Waals surface area contributed by atoms with Crippen LogP contribution in [0.3, 0.4) is 0 Å². The van der Waals surface area contributed by atoms with E-state index in [4.69, 9.17) is 5.73 Å². The van der Waals surface area contributed by atoms with Gasteiger partial charge < -0.3 is 5.73 Å². The van der Waals surface area contributed by atoms with Gasteiger partial charge in [-0.3, -0.25) is 0 Å². The molecule has 0 amide bonds. The molecule has 0 fully saturated rings. The number of anilines is 1. The molecule has 2 heterocycles. The second-order valence-electron chi connectivity index (χ2n) is 3.99. The van der Waals surface area contributed by atoms with Gasteiger partial charge in [0.1, 0.15) is 5.03 Å². The van der Waals surface area contributed by atoms with E-state index >= 15 is 0 Å². The number of nitrogens with two attached hydrogens (primary N) is 1. The summed E-state index contributed by atoms with van der Waals surface area (Å²) in [7, 11) is 0. The molecule has 0 bridgehead atoms. The minimum Gasteiger partial charge on any atom is -0.368 e. The predicted molar refractivity (Wildman–Crippen MR) is 74.8 cm³/mol. The normalized spacial score (nSPS) is 10.8. The first kappa shape index (κ1) is 11.9. The van der Waals surface area contributed by atoms with Crippen molar-refractivity contribution in [3.8, 4) is 0 Å². The van der Waals surface area contributed by atoms with Gasteiger partial charge in [-0.15, -0.1) is 0 Å². The number of fused-ring (bicyclic) bond motifs is 1. The van der Waals surface area contributed by atoms with Crippen LogP contribution in [0.5, 0.6) is 0 Å². The molecule has 0 radical (unpaired) electrons. The molecule has 6 heteroatoms. The van der Waals surface area contributed by atoms with E-state index in [2.05, 4.69) is 19.9 Å². The van der Waals surface area contributed by atoms with Crippen molar-refractivity contribution in [1.82, 2.24) is 19.9 Å². The van der Waals surface area contributed by atoms with Crippen LogP contribution in [0.1, 0.15) is 5.69 Å². The lowest BCUT2D eigenvalue weighted by Gasteiger charge is -2.05. The SMILES string of the molecule is Cc1ccnc(Sc2nc(N)nc3ccccc23)n1. The van der Waals surface area contributed by atoms with Crippen molar-refractivity contribution in [2.75, 3.05) is 5.73 Å². The fourth-order valence-electron chi connectivity index (χ4n) is 1.70. The zero-order valence-electron chi connectivity index (χ0n) is 10.2. The number of nitrogens with zero attached hydrogens (tertiary/aromatic N) is 4. The molecule has 0 spiro atoms. The molecule has 2 N–H and O–H groups in total. The number of hydrogen-bond donors (Lipinski definition) is 1.